The predicted molar refractivity (Wildman–Crippen MR) is 81.0 cm³/mol. The first kappa shape index (κ1) is 15.3. The van der Waals surface area contributed by atoms with Gasteiger partial charge >= 0.3 is 5.97 Å². The van der Waals surface area contributed by atoms with E-state index in [1.165, 1.54) is 0 Å². The molecule has 1 aromatic rings. The number of thioether (sulfide) groups is 1. The van der Waals surface area contributed by atoms with Gasteiger partial charge < -0.3 is 10.4 Å². The number of carbonyl (C=O) groups excluding carboxylic acids is 1. The van der Waals surface area contributed by atoms with Crippen molar-refractivity contribution in [2.45, 2.75) is 12.5 Å². The summed E-state index contributed by atoms with van der Waals surface area (Å²) >= 11 is 3.70. The van der Waals surface area contributed by atoms with Gasteiger partial charge in [-0.1, -0.05) is 0 Å². The van der Waals surface area contributed by atoms with Crippen molar-refractivity contribution in [3.8, 4) is 0 Å². The van der Waals surface area contributed by atoms with E-state index in [9.17, 15) is 9.59 Å². The van der Waals surface area contributed by atoms with E-state index in [1.54, 1.807) is 23.9 Å². The lowest BCUT2D eigenvalue weighted by Gasteiger charge is -2.13. The molecule has 6 heteroatoms. The van der Waals surface area contributed by atoms with E-state index in [4.69, 9.17) is 5.11 Å². The number of carbonyl (C=O) groups is 2. The summed E-state index contributed by atoms with van der Waals surface area (Å²) in [4.78, 5) is 22.9. The summed E-state index contributed by atoms with van der Waals surface area (Å²) < 4.78 is 1.03. The molecule has 0 saturated heterocycles. The van der Waals surface area contributed by atoms with Gasteiger partial charge in [-0.2, -0.15) is 11.8 Å². The summed E-state index contributed by atoms with van der Waals surface area (Å²) in [5, 5.41) is 11.5. The maximum Gasteiger partial charge on any atom is 0.326 e. The second-order valence-corrected chi connectivity index (χ2v) is 5.88. The number of aliphatic carboxylic acids is 1. The fourth-order valence-electron chi connectivity index (χ4n) is 1.34. The molecule has 18 heavy (non-hydrogen) atoms. The quantitative estimate of drug-likeness (QED) is 0.744. The smallest absolute Gasteiger partial charge is 0.326 e. The van der Waals surface area contributed by atoms with Crippen LogP contribution in [0.4, 0.5) is 0 Å². The minimum atomic E-state index is -0.997. The summed E-state index contributed by atoms with van der Waals surface area (Å²) in [7, 11) is 0. The van der Waals surface area contributed by atoms with Crippen LogP contribution in [0.2, 0.25) is 0 Å². The summed E-state index contributed by atoms with van der Waals surface area (Å²) in [6.45, 7) is 0. The van der Waals surface area contributed by atoms with E-state index in [-0.39, 0.29) is 5.91 Å². The Morgan fingerprint density at radius 3 is 2.50 bits per heavy atom. The second-order valence-electron chi connectivity index (χ2n) is 3.65. The van der Waals surface area contributed by atoms with Crippen LogP contribution in [0.5, 0.6) is 0 Å². The molecule has 0 fully saturated rings. The van der Waals surface area contributed by atoms with Crippen LogP contribution in [0.3, 0.4) is 0 Å². The fourth-order valence-corrected chi connectivity index (χ4v) is 2.17. The first-order valence-electron chi connectivity index (χ1n) is 5.32. The normalized spacial score (nSPS) is 11.9. The zero-order chi connectivity index (χ0) is 13.5. The second kappa shape index (κ2) is 7.63. The van der Waals surface area contributed by atoms with Crippen LogP contribution < -0.4 is 5.32 Å². The molecule has 0 radical (unpaired) electrons. The topological polar surface area (TPSA) is 66.4 Å². The van der Waals surface area contributed by atoms with Crippen molar-refractivity contribution in [2.24, 2.45) is 0 Å². The molecule has 4 nitrogen and oxygen atoms in total. The van der Waals surface area contributed by atoms with Crippen molar-refractivity contribution in [3.05, 3.63) is 33.4 Å². The first-order chi connectivity index (χ1) is 8.54. The van der Waals surface area contributed by atoms with Crippen LogP contribution in [0.25, 0.3) is 0 Å². The van der Waals surface area contributed by atoms with Gasteiger partial charge in [0.05, 0.1) is 0 Å². The average Bonchev–Trinajstić information content (AvgIpc) is 2.34. The van der Waals surface area contributed by atoms with Gasteiger partial charge in [0.15, 0.2) is 0 Å². The van der Waals surface area contributed by atoms with Crippen molar-refractivity contribution in [3.63, 3.8) is 0 Å². The Kier molecular flexibility index (Phi) is 6.48. The summed E-state index contributed by atoms with van der Waals surface area (Å²) in [5.41, 5.74) is 0.478. The van der Waals surface area contributed by atoms with Gasteiger partial charge in [0, 0.05) is 9.13 Å². The Balaban J connectivity index is 2.66. The number of benzene rings is 1. The molecule has 0 unspecified atom stereocenters. The summed E-state index contributed by atoms with van der Waals surface area (Å²) in [6, 6.07) is 6.17. The van der Waals surface area contributed by atoms with Gasteiger partial charge in [-0.15, -0.1) is 0 Å². The number of carboxylic acids is 1. The van der Waals surface area contributed by atoms with Gasteiger partial charge in [0.2, 0.25) is 0 Å². The number of amides is 1. The maximum absolute atomic E-state index is 11.9. The third-order valence-electron chi connectivity index (χ3n) is 2.32. The van der Waals surface area contributed by atoms with E-state index in [1.807, 2.05) is 18.4 Å². The number of hydrogen-bond donors (Lipinski definition) is 2. The molecule has 2 N–H and O–H groups in total. The van der Waals surface area contributed by atoms with Crippen molar-refractivity contribution >= 4 is 46.2 Å². The van der Waals surface area contributed by atoms with Crippen molar-refractivity contribution < 1.29 is 14.7 Å². The third-order valence-corrected chi connectivity index (χ3v) is 3.68. The number of halogens is 1. The Morgan fingerprint density at radius 1 is 1.39 bits per heavy atom. The summed E-state index contributed by atoms with van der Waals surface area (Å²) in [5.74, 6) is -0.646. The van der Waals surface area contributed by atoms with E-state index >= 15 is 0 Å². The number of nitrogens with one attached hydrogen (secondary N) is 1. The molecule has 1 rings (SSSR count). The molecule has 1 aromatic carbocycles. The van der Waals surface area contributed by atoms with Gasteiger partial charge in [-0.05, 0) is 65.3 Å². The standard InChI is InChI=1S/C12H14INO3S/c1-18-7-6-10(12(16)17)14-11(15)8-2-4-9(13)5-3-8/h2-5,10H,6-7H2,1H3,(H,14,15)(H,16,17)/t10-/m1/s1. The van der Waals surface area contributed by atoms with Gasteiger partial charge in [0.1, 0.15) is 6.04 Å². The van der Waals surface area contributed by atoms with Crippen LogP contribution in [0.15, 0.2) is 24.3 Å². The summed E-state index contributed by atoms with van der Waals surface area (Å²) in [6.07, 6.45) is 2.33. The molecule has 0 spiro atoms. The lowest BCUT2D eigenvalue weighted by molar-refractivity contribution is -0.139. The van der Waals surface area contributed by atoms with Gasteiger partial charge in [0.25, 0.3) is 5.91 Å². The first-order valence-corrected chi connectivity index (χ1v) is 7.80. The molecule has 1 amide bonds. The van der Waals surface area contributed by atoms with Gasteiger partial charge in [-0.3, -0.25) is 4.79 Å². The molecular formula is C12H14INO3S. The van der Waals surface area contributed by atoms with Crippen LogP contribution in [0.1, 0.15) is 16.8 Å². The average molecular weight is 379 g/mol. The number of carboxylic acid groups (broad SMARTS) is 1. The monoisotopic (exact) mass is 379 g/mol. The van der Waals surface area contributed by atoms with Crippen LogP contribution >= 0.6 is 34.4 Å². The molecule has 0 aliphatic rings. The Bertz CT molecular complexity index is 422. The van der Waals surface area contributed by atoms with E-state index in [2.05, 4.69) is 27.9 Å². The molecule has 0 heterocycles. The van der Waals surface area contributed by atoms with Gasteiger partial charge in [-0.25, -0.2) is 4.79 Å². The highest BCUT2D eigenvalue weighted by Gasteiger charge is 2.19. The van der Waals surface area contributed by atoms with Crippen LogP contribution in [-0.4, -0.2) is 35.0 Å². The van der Waals surface area contributed by atoms with E-state index < -0.39 is 12.0 Å². The molecular weight excluding hydrogens is 365 g/mol. The maximum atomic E-state index is 11.9. The van der Waals surface area contributed by atoms with Crippen LogP contribution in [0, 0.1) is 3.57 Å². The zero-order valence-electron chi connectivity index (χ0n) is 9.85. The highest BCUT2D eigenvalue weighted by atomic mass is 127. The lowest BCUT2D eigenvalue weighted by Crippen LogP contribution is -2.41. The van der Waals surface area contributed by atoms with Crippen molar-refractivity contribution in [2.75, 3.05) is 12.0 Å². The predicted octanol–water partition coefficient (Wildman–Crippen LogP) is 2.23. The number of hydrogen-bond acceptors (Lipinski definition) is 3. The Morgan fingerprint density at radius 2 is 2.00 bits per heavy atom. The molecule has 0 saturated carbocycles. The highest BCUT2D eigenvalue weighted by Crippen LogP contribution is 2.08. The minimum absolute atomic E-state index is 0.347. The Labute approximate surface area is 124 Å². The van der Waals surface area contributed by atoms with E-state index in [0.29, 0.717) is 17.7 Å². The largest absolute Gasteiger partial charge is 0.480 e. The Hall–Kier alpha value is -0.760. The van der Waals surface area contributed by atoms with Crippen LogP contribution in [-0.2, 0) is 4.79 Å². The van der Waals surface area contributed by atoms with Crippen molar-refractivity contribution in [1.82, 2.24) is 5.32 Å². The molecule has 0 aromatic heterocycles. The number of rotatable bonds is 6. The minimum Gasteiger partial charge on any atom is -0.480 e. The molecule has 0 aliphatic heterocycles. The van der Waals surface area contributed by atoms with Crippen molar-refractivity contribution in [1.29, 1.82) is 0 Å². The highest BCUT2D eigenvalue weighted by molar-refractivity contribution is 14.1. The third kappa shape index (κ3) is 4.85. The SMILES string of the molecule is CSCC[C@@H](NC(=O)c1ccc(I)cc1)C(=O)O. The lowest BCUT2D eigenvalue weighted by atomic mass is 10.1. The fraction of sp³-hybridized carbons (Fsp3) is 0.333. The molecule has 0 bridgehead atoms. The molecule has 0 aliphatic carbocycles. The van der Waals surface area contributed by atoms with E-state index in [0.717, 1.165) is 3.57 Å². The molecule has 98 valence electrons. The molecule has 1 atom stereocenters. The zero-order valence-corrected chi connectivity index (χ0v) is 12.8.